The van der Waals surface area contributed by atoms with Crippen LogP contribution in [0, 0.1) is 0 Å². The maximum absolute atomic E-state index is 12.5. The lowest BCUT2D eigenvalue weighted by atomic mass is 10.1. The lowest BCUT2D eigenvalue weighted by Gasteiger charge is -2.17. The highest BCUT2D eigenvalue weighted by atomic mass is 35.5. The van der Waals surface area contributed by atoms with Crippen LogP contribution < -0.4 is 10.2 Å². The van der Waals surface area contributed by atoms with Gasteiger partial charge in [-0.15, -0.1) is 0 Å². The van der Waals surface area contributed by atoms with E-state index in [2.05, 4.69) is 10.3 Å². The van der Waals surface area contributed by atoms with Crippen molar-refractivity contribution < 1.29 is 14.4 Å². The van der Waals surface area contributed by atoms with E-state index in [0.717, 1.165) is 5.52 Å². The smallest absolute Gasteiger partial charge is 0.292 e. The van der Waals surface area contributed by atoms with Crippen LogP contribution in [-0.4, -0.2) is 35.2 Å². The molecule has 0 radical (unpaired) electrons. The van der Waals surface area contributed by atoms with Crippen molar-refractivity contribution in [3.8, 4) is 0 Å². The second-order valence-electron chi connectivity index (χ2n) is 6.43. The van der Waals surface area contributed by atoms with Gasteiger partial charge in [-0.2, -0.15) is 0 Å². The molecule has 2 heterocycles. The average molecular weight is 382 g/mol. The van der Waals surface area contributed by atoms with Crippen LogP contribution in [0.15, 0.2) is 54.7 Å². The fourth-order valence-electron chi connectivity index (χ4n) is 3.31. The van der Waals surface area contributed by atoms with Crippen LogP contribution in [0.25, 0.3) is 10.9 Å². The number of carbonyl (C=O) groups is 3. The van der Waals surface area contributed by atoms with Gasteiger partial charge >= 0.3 is 0 Å². The maximum Gasteiger partial charge on any atom is 0.292 e. The fraction of sp³-hybridized carbons (Fsp3) is 0.150. The highest BCUT2D eigenvalue weighted by molar-refractivity contribution is 6.45. The van der Waals surface area contributed by atoms with Gasteiger partial charge in [-0.1, -0.05) is 29.8 Å². The van der Waals surface area contributed by atoms with Crippen LogP contribution in [0.2, 0.25) is 5.02 Å². The molecule has 0 saturated carbocycles. The third-order valence-electron chi connectivity index (χ3n) is 4.64. The normalized spacial score (nSPS) is 16.7. The zero-order valence-corrected chi connectivity index (χ0v) is 15.0. The van der Waals surface area contributed by atoms with E-state index in [-0.39, 0.29) is 12.3 Å². The Balaban J connectivity index is 1.46. The molecule has 1 aromatic heterocycles. The number of Topliss-reactive ketones (excluding diaryl/α,β-unsaturated/α-hetero) is 1. The van der Waals surface area contributed by atoms with Gasteiger partial charge in [0.25, 0.3) is 11.7 Å². The van der Waals surface area contributed by atoms with Crippen molar-refractivity contribution >= 4 is 45.8 Å². The molecule has 136 valence electrons. The molecule has 2 aromatic carbocycles. The van der Waals surface area contributed by atoms with Gasteiger partial charge < -0.3 is 15.2 Å². The summed E-state index contributed by atoms with van der Waals surface area (Å²) < 4.78 is 0. The Kier molecular flexibility index (Phi) is 4.41. The molecule has 0 bridgehead atoms. The van der Waals surface area contributed by atoms with Gasteiger partial charge in [0.1, 0.15) is 0 Å². The summed E-state index contributed by atoms with van der Waals surface area (Å²) in [6, 6.07) is 13.8. The molecule has 3 aromatic rings. The SMILES string of the molecule is O=C(N[C@H]1CC(=O)N(c2ccc(Cl)cc2)C1)C(=O)c1c[nH]c2ccccc12. The summed E-state index contributed by atoms with van der Waals surface area (Å²) in [6.07, 6.45) is 1.68. The van der Waals surface area contributed by atoms with Crippen LogP contribution in [0.4, 0.5) is 5.69 Å². The van der Waals surface area contributed by atoms with Crippen LogP contribution in [0.3, 0.4) is 0 Å². The molecule has 1 fully saturated rings. The highest BCUT2D eigenvalue weighted by Crippen LogP contribution is 2.24. The summed E-state index contributed by atoms with van der Waals surface area (Å²) >= 11 is 5.88. The number of nitrogens with one attached hydrogen (secondary N) is 2. The number of anilines is 1. The molecular formula is C20H16ClN3O3. The summed E-state index contributed by atoms with van der Waals surface area (Å²) in [5.41, 5.74) is 1.82. The minimum atomic E-state index is -0.712. The van der Waals surface area contributed by atoms with Crippen molar-refractivity contribution in [3.05, 3.63) is 65.3 Å². The summed E-state index contributed by atoms with van der Waals surface area (Å²) in [5.74, 6) is -1.44. The molecule has 2 N–H and O–H groups in total. The van der Waals surface area contributed by atoms with Gasteiger partial charge in [0.2, 0.25) is 5.91 Å². The Bertz CT molecular complexity index is 1040. The summed E-state index contributed by atoms with van der Waals surface area (Å²) in [4.78, 5) is 41.8. The Morgan fingerprint density at radius 3 is 2.63 bits per heavy atom. The number of aromatic amines is 1. The minimum Gasteiger partial charge on any atom is -0.360 e. The predicted octanol–water partition coefficient (Wildman–Crippen LogP) is 2.93. The standard InChI is InChI=1S/C20H16ClN3O3/c21-12-5-7-14(8-6-12)24-11-13(9-18(24)25)23-20(27)19(26)16-10-22-17-4-2-1-3-15(16)17/h1-8,10,13,22H,9,11H2,(H,23,27)/t13-/m0/s1. The molecule has 7 heteroatoms. The van der Waals surface area contributed by atoms with Gasteiger partial charge in [0.15, 0.2) is 0 Å². The first kappa shape index (κ1) is 17.3. The van der Waals surface area contributed by atoms with Gasteiger partial charge in [-0.3, -0.25) is 14.4 Å². The van der Waals surface area contributed by atoms with E-state index in [9.17, 15) is 14.4 Å². The van der Waals surface area contributed by atoms with Crippen molar-refractivity contribution in [1.29, 1.82) is 0 Å². The minimum absolute atomic E-state index is 0.109. The topological polar surface area (TPSA) is 82.3 Å². The molecule has 1 saturated heterocycles. The fourth-order valence-corrected chi connectivity index (χ4v) is 3.43. The number of H-pyrrole nitrogens is 1. The highest BCUT2D eigenvalue weighted by Gasteiger charge is 2.33. The molecule has 27 heavy (non-hydrogen) atoms. The van der Waals surface area contributed by atoms with E-state index in [1.807, 2.05) is 18.2 Å². The quantitative estimate of drug-likeness (QED) is 0.538. The van der Waals surface area contributed by atoms with Crippen LogP contribution in [0.5, 0.6) is 0 Å². The van der Waals surface area contributed by atoms with Crippen molar-refractivity contribution in [1.82, 2.24) is 10.3 Å². The Morgan fingerprint density at radius 1 is 1.11 bits per heavy atom. The van der Waals surface area contributed by atoms with Gasteiger partial charge in [-0.05, 0) is 30.3 Å². The Morgan fingerprint density at radius 2 is 1.85 bits per heavy atom. The summed E-state index contributed by atoms with van der Waals surface area (Å²) in [5, 5.41) is 3.96. The van der Waals surface area contributed by atoms with Gasteiger partial charge in [0, 0.05) is 40.8 Å². The van der Waals surface area contributed by atoms with Crippen molar-refractivity contribution in [2.24, 2.45) is 0 Å². The molecule has 6 nitrogen and oxygen atoms in total. The van der Waals surface area contributed by atoms with E-state index in [0.29, 0.717) is 28.2 Å². The molecular weight excluding hydrogens is 366 g/mol. The van der Waals surface area contributed by atoms with Crippen LogP contribution in [0.1, 0.15) is 16.8 Å². The summed E-state index contributed by atoms with van der Waals surface area (Å²) in [7, 11) is 0. The second kappa shape index (κ2) is 6.89. The number of hydrogen-bond acceptors (Lipinski definition) is 3. The lowest BCUT2D eigenvalue weighted by molar-refractivity contribution is -0.118. The average Bonchev–Trinajstić information content (AvgIpc) is 3.25. The number of nitrogens with zero attached hydrogens (tertiary/aromatic N) is 1. The van der Waals surface area contributed by atoms with Crippen LogP contribution >= 0.6 is 11.6 Å². The van der Waals surface area contributed by atoms with Crippen molar-refractivity contribution in [2.45, 2.75) is 12.5 Å². The number of halogens is 1. The number of hydrogen-bond donors (Lipinski definition) is 2. The number of fused-ring (bicyclic) bond motifs is 1. The van der Waals surface area contributed by atoms with E-state index in [4.69, 9.17) is 11.6 Å². The predicted molar refractivity (Wildman–Crippen MR) is 103 cm³/mol. The molecule has 1 atom stereocenters. The van der Waals surface area contributed by atoms with Gasteiger partial charge in [-0.25, -0.2) is 0 Å². The third-order valence-corrected chi connectivity index (χ3v) is 4.89. The molecule has 0 spiro atoms. The first-order valence-corrected chi connectivity index (χ1v) is 8.88. The van der Waals surface area contributed by atoms with E-state index in [1.165, 1.54) is 6.20 Å². The molecule has 1 aliphatic heterocycles. The van der Waals surface area contributed by atoms with Crippen LogP contribution in [-0.2, 0) is 9.59 Å². The number of carbonyl (C=O) groups excluding carboxylic acids is 3. The Labute approximate surface area is 160 Å². The number of amides is 2. The first-order chi connectivity index (χ1) is 13.0. The number of aromatic nitrogens is 1. The summed E-state index contributed by atoms with van der Waals surface area (Å²) in [6.45, 7) is 0.313. The second-order valence-corrected chi connectivity index (χ2v) is 6.87. The van der Waals surface area contributed by atoms with E-state index >= 15 is 0 Å². The van der Waals surface area contributed by atoms with Crippen molar-refractivity contribution in [2.75, 3.05) is 11.4 Å². The first-order valence-electron chi connectivity index (χ1n) is 8.50. The zero-order valence-electron chi connectivity index (χ0n) is 14.2. The zero-order chi connectivity index (χ0) is 19.0. The maximum atomic E-state index is 12.5. The lowest BCUT2D eigenvalue weighted by Crippen LogP contribution is -2.40. The third kappa shape index (κ3) is 3.31. The van der Waals surface area contributed by atoms with E-state index in [1.54, 1.807) is 35.2 Å². The molecule has 2 amide bonds. The Hall–Kier alpha value is -3.12. The van der Waals surface area contributed by atoms with Crippen molar-refractivity contribution in [3.63, 3.8) is 0 Å². The largest absolute Gasteiger partial charge is 0.360 e. The number of rotatable bonds is 4. The monoisotopic (exact) mass is 381 g/mol. The number of benzene rings is 2. The van der Waals surface area contributed by atoms with Gasteiger partial charge in [0.05, 0.1) is 11.6 Å². The van der Waals surface area contributed by atoms with E-state index < -0.39 is 17.7 Å². The molecule has 0 aliphatic carbocycles. The number of para-hydroxylation sites is 1. The molecule has 1 aliphatic rings. The number of ketones is 1. The molecule has 0 unspecified atom stereocenters. The molecule has 4 rings (SSSR count).